The molecule has 0 bridgehead atoms. The van der Waals surface area contributed by atoms with Crippen molar-refractivity contribution in [2.75, 3.05) is 0 Å². The molecule has 0 aromatic carbocycles. The Labute approximate surface area is 92.8 Å². The van der Waals surface area contributed by atoms with Crippen LogP contribution in [0.25, 0.3) is 0 Å². The molecule has 0 heterocycles. The van der Waals surface area contributed by atoms with Crippen LogP contribution in [0.4, 0.5) is 26.3 Å². The lowest BCUT2D eigenvalue weighted by Crippen LogP contribution is -2.44. The van der Waals surface area contributed by atoms with Crippen molar-refractivity contribution < 1.29 is 31.1 Å². The second-order valence-corrected chi connectivity index (χ2v) is 3.75. The zero-order valence-electron chi connectivity index (χ0n) is 8.62. The normalized spacial score (nSPS) is 25.7. The van der Waals surface area contributed by atoms with Crippen LogP contribution >= 0.6 is 0 Å². The average Bonchev–Trinajstić information content (AvgIpc) is 2.14. The second-order valence-electron chi connectivity index (χ2n) is 3.75. The molecule has 0 N–H and O–H groups in total. The van der Waals surface area contributed by atoms with Crippen LogP contribution in [0, 0.1) is 5.41 Å². The molecule has 7 heteroatoms. The number of rotatable bonds is 1. The van der Waals surface area contributed by atoms with Crippen LogP contribution in [-0.4, -0.2) is 18.1 Å². The molecule has 96 valence electrons. The van der Waals surface area contributed by atoms with Gasteiger partial charge in [0.25, 0.3) is 0 Å². The minimum atomic E-state index is -5.04. The van der Waals surface area contributed by atoms with Crippen LogP contribution in [0.1, 0.15) is 13.3 Å². The summed E-state index contributed by atoms with van der Waals surface area (Å²) in [5, 5.41) is 0. The largest absolute Gasteiger partial charge is 0.412 e. The Morgan fingerprint density at radius 2 is 1.76 bits per heavy atom. The zero-order valence-corrected chi connectivity index (χ0v) is 8.62. The van der Waals surface area contributed by atoms with Gasteiger partial charge in [-0.2, -0.15) is 26.3 Å². The molecule has 0 aromatic heterocycles. The van der Waals surface area contributed by atoms with Crippen molar-refractivity contribution in [2.24, 2.45) is 5.41 Å². The first kappa shape index (κ1) is 13.8. The number of halogens is 6. The molecular formula is C10H8F6O. The highest BCUT2D eigenvalue weighted by Gasteiger charge is 2.59. The maximum absolute atomic E-state index is 12.7. The highest BCUT2D eigenvalue weighted by Crippen LogP contribution is 2.49. The lowest BCUT2D eigenvalue weighted by molar-refractivity contribution is -0.208. The molecule has 1 nitrogen and oxygen atoms in total. The number of allylic oxidation sites excluding steroid dienone is 4. The smallest absolute Gasteiger partial charge is 0.299 e. The standard InChI is InChI=1S/C10H8F6O/c1-6(17)8(10(14,15)16)4-2-3-7(5-8)9(11,12)13/h2-4H,5H2,1H3. The lowest BCUT2D eigenvalue weighted by atomic mass is 9.74. The van der Waals surface area contributed by atoms with Crippen LogP contribution < -0.4 is 0 Å². The van der Waals surface area contributed by atoms with Gasteiger partial charge in [-0.15, -0.1) is 0 Å². The van der Waals surface area contributed by atoms with Gasteiger partial charge in [0.2, 0.25) is 0 Å². The Kier molecular flexibility index (Phi) is 3.15. The summed E-state index contributed by atoms with van der Waals surface area (Å²) in [7, 11) is 0. The molecule has 1 unspecified atom stereocenters. The van der Waals surface area contributed by atoms with Crippen molar-refractivity contribution in [1.82, 2.24) is 0 Å². The molecular weight excluding hydrogens is 250 g/mol. The first-order valence-electron chi connectivity index (χ1n) is 4.54. The molecule has 17 heavy (non-hydrogen) atoms. The number of Topliss-reactive ketones (excluding diaryl/α,β-unsaturated/α-hetero) is 1. The summed E-state index contributed by atoms with van der Waals surface area (Å²) in [6.07, 6.45) is -9.65. The van der Waals surface area contributed by atoms with E-state index in [4.69, 9.17) is 0 Å². The van der Waals surface area contributed by atoms with E-state index in [-0.39, 0.29) is 0 Å². The summed E-state index contributed by atoms with van der Waals surface area (Å²) < 4.78 is 75.3. The summed E-state index contributed by atoms with van der Waals surface area (Å²) in [5.74, 6) is -1.35. The Bertz CT molecular complexity index is 387. The molecule has 1 aliphatic carbocycles. The van der Waals surface area contributed by atoms with Gasteiger partial charge in [0.05, 0.1) is 0 Å². The molecule has 1 atom stereocenters. The molecule has 0 fully saturated rings. The first-order valence-corrected chi connectivity index (χ1v) is 4.54. The Morgan fingerprint density at radius 3 is 2.12 bits per heavy atom. The minimum absolute atomic E-state index is 0.477. The van der Waals surface area contributed by atoms with E-state index in [0.717, 1.165) is 0 Å². The van der Waals surface area contributed by atoms with E-state index in [1.807, 2.05) is 0 Å². The third-order valence-electron chi connectivity index (χ3n) is 2.65. The van der Waals surface area contributed by atoms with E-state index in [2.05, 4.69) is 0 Å². The number of carbonyl (C=O) groups excluding carboxylic acids is 1. The molecule has 0 spiro atoms. The predicted octanol–water partition coefficient (Wildman–Crippen LogP) is 3.57. The number of ketones is 1. The second kappa shape index (κ2) is 3.89. The van der Waals surface area contributed by atoms with Crippen LogP contribution in [0.3, 0.4) is 0 Å². The predicted molar refractivity (Wildman–Crippen MR) is 47.1 cm³/mol. The maximum atomic E-state index is 12.7. The van der Waals surface area contributed by atoms with E-state index in [0.29, 0.717) is 25.2 Å². The number of alkyl halides is 6. The van der Waals surface area contributed by atoms with Gasteiger partial charge in [0, 0.05) is 12.0 Å². The van der Waals surface area contributed by atoms with Crippen LogP contribution in [0.15, 0.2) is 23.8 Å². The fourth-order valence-electron chi connectivity index (χ4n) is 1.58. The summed E-state index contributed by atoms with van der Waals surface area (Å²) in [4.78, 5) is 11.1. The molecule has 1 aliphatic rings. The van der Waals surface area contributed by atoms with Gasteiger partial charge >= 0.3 is 12.4 Å². The van der Waals surface area contributed by atoms with Gasteiger partial charge in [-0.1, -0.05) is 18.2 Å². The first-order chi connectivity index (χ1) is 7.51. The summed E-state index contributed by atoms with van der Waals surface area (Å²) >= 11 is 0. The molecule has 0 aliphatic heterocycles. The molecule has 0 amide bonds. The molecule has 1 rings (SSSR count). The quantitative estimate of drug-likeness (QED) is 0.657. The van der Waals surface area contributed by atoms with Gasteiger partial charge in [-0.25, -0.2) is 0 Å². The van der Waals surface area contributed by atoms with Crippen molar-refractivity contribution in [3.8, 4) is 0 Å². The Morgan fingerprint density at radius 1 is 1.24 bits per heavy atom. The molecule has 0 radical (unpaired) electrons. The van der Waals surface area contributed by atoms with Crippen molar-refractivity contribution in [1.29, 1.82) is 0 Å². The fraction of sp³-hybridized carbons (Fsp3) is 0.500. The minimum Gasteiger partial charge on any atom is -0.299 e. The van der Waals surface area contributed by atoms with Crippen molar-refractivity contribution in [2.45, 2.75) is 25.7 Å². The van der Waals surface area contributed by atoms with Crippen molar-refractivity contribution in [3.05, 3.63) is 23.8 Å². The monoisotopic (exact) mass is 258 g/mol. The number of hydrogen-bond donors (Lipinski definition) is 0. The lowest BCUT2D eigenvalue weighted by Gasteiger charge is -2.33. The maximum Gasteiger partial charge on any atom is 0.412 e. The van der Waals surface area contributed by atoms with E-state index in [1.165, 1.54) is 0 Å². The van der Waals surface area contributed by atoms with Crippen molar-refractivity contribution in [3.63, 3.8) is 0 Å². The Balaban J connectivity index is 3.22. The van der Waals surface area contributed by atoms with E-state index in [1.54, 1.807) is 0 Å². The van der Waals surface area contributed by atoms with E-state index in [9.17, 15) is 31.1 Å². The number of carbonyl (C=O) groups is 1. The zero-order chi connectivity index (χ0) is 13.5. The highest BCUT2D eigenvalue weighted by molar-refractivity contribution is 5.86. The van der Waals surface area contributed by atoms with Crippen LogP contribution in [-0.2, 0) is 4.79 Å². The van der Waals surface area contributed by atoms with Gasteiger partial charge in [-0.3, -0.25) is 4.79 Å². The van der Waals surface area contributed by atoms with Crippen LogP contribution in [0.2, 0.25) is 0 Å². The molecule has 0 saturated heterocycles. The van der Waals surface area contributed by atoms with Gasteiger partial charge < -0.3 is 0 Å². The topological polar surface area (TPSA) is 17.1 Å². The van der Waals surface area contributed by atoms with Crippen LogP contribution in [0.5, 0.6) is 0 Å². The Hall–Kier alpha value is -1.27. The highest BCUT2D eigenvalue weighted by atomic mass is 19.4. The van der Waals surface area contributed by atoms with E-state index >= 15 is 0 Å². The van der Waals surface area contributed by atoms with E-state index < -0.39 is 35.5 Å². The van der Waals surface area contributed by atoms with Gasteiger partial charge in [-0.05, 0) is 6.92 Å². The average molecular weight is 258 g/mol. The third kappa shape index (κ3) is 2.37. The summed E-state index contributed by atoms with van der Waals surface area (Å²) in [6, 6.07) is 0. The summed E-state index contributed by atoms with van der Waals surface area (Å²) in [6.45, 7) is 0.636. The molecule has 0 aromatic rings. The SMILES string of the molecule is CC(=O)C1(C(F)(F)F)C=CC=C(C(F)(F)F)C1. The summed E-state index contributed by atoms with van der Waals surface area (Å²) in [5.41, 5.74) is -4.42. The van der Waals surface area contributed by atoms with Gasteiger partial charge in [0.1, 0.15) is 11.2 Å². The number of hydrogen-bond acceptors (Lipinski definition) is 1. The van der Waals surface area contributed by atoms with Gasteiger partial charge in [0.15, 0.2) is 0 Å². The van der Waals surface area contributed by atoms with Crippen molar-refractivity contribution >= 4 is 5.78 Å². The molecule has 0 saturated carbocycles. The third-order valence-corrected chi connectivity index (χ3v) is 2.65. The fourth-order valence-corrected chi connectivity index (χ4v) is 1.58.